The van der Waals surface area contributed by atoms with Gasteiger partial charge in [0.15, 0.2) is 6.29 Å². The normalized spacial score (nSPS) is 11.5. The van der Waals surface area contributed by atoms with Crippen LogP contribution in [-0.2, 0) is 6.42 Å². The van der Waals surface area contributed by atoms with E-state index in [2.05, 4.69) is 35.4 Å². The fourth-order valence-corrected chi connectivity index (χ4v) is 4.01. The second kappa shape index (κ2) is 22.1. The summed E-state index contributed by atoms with van der Waals surface area (Å²) in [5.41, 5.74) is 1.79. The molecule has 0 atom stereocenters. The minimum absolute atomic E-state index is 0.661. The highest BCUT2D eigenvalue weighted by Gasteiger charge is 1.96. The predicted molar refractivity (Wildman–Crippen MR) is 137 cm³/mol. The molecule has 0 aliphatic rings. The lowest BCUT2D eigenvalue weighted by Gasteiger charge is -2.03. The zero-order chi connectivity index (χ0) is 23.0. The van der Waals surface area contributed by atoms with Crippen molar-refractivity contribution >= 4 is 6.29 Å². The minimum Gasteiger partial charge on any atom is -0.356 e. The fourth-order valence-electron chi connectivity index (χ4n) is 4.01. The number of nitrogens with one attached hydrogen (secondary N) is 1. The molecular formula is C29H46N2O. The van der Waals surface area contributed by atoms with E-state index in [4.69, 9.17) is 5.26 Å². The number of H-pyrrole nitrogens is 1. The molecule has 0 aliphatic carbocycles. The summed E-state index contributed by atoms with van der Waals surface area (Å²) in [4.78, 5) is 13.7. The van der Waals surface area contributed by atoms with Crippen molar-refractivity contribution in [2.24, 2.45) is 0 Å². The molecule has 32 heavy (non-hydrogen) atoms. The van der Waals surface area contributed by atoms with Gasteiger partial charge >= 0.3 is 0 Å². The number of hydrogen-bond acceptors (Lipinski definition) is 2. The van der Waals surface area contributed by atoms with E-state index < -0.39 is 0 Å². The van der Waals surface area contributed by atoms with Crippen LogP contribution >= 0.6 is 0 Å². The Morgan fingerprint density at radius 3 is 1.75 bits per heavy atom. The molecule has 3 heteroatoms. The van der Waals surface area contributed by atoms with Crippen molar-refractivity contribution in [3.63, 3.8) is 0 Å². The number of carbonyl (C=O) groups is 1. The molecule has 0 amide bonds. The Labute approximate surface area is 197 Å². The van der Waals surface area contributed by atoms with Crippen LogP contribution in [0, 0.1) is 11.3 Å². The third-order valence-electron chi connectivity index (χ3n) is 5.99. The first-order valence-corrected chi connectivity index (χ1v) is 13.2. The van der Waals surface area contributed by atoms with Crippen molar-refractivity contribution in [1.29, 1.82) is 5.26 Å². The molecule has 178 valence electrons. The average molecular weight is 439 g/mol. The summed E-state index contributed by atoms with van der Waals surface area (Å²) in [5, 5.41) is 8.50. The van der Waals surface area contributed by atoms with E-state index in [1.165, 1.54) is 89.9 Å². The van der Waals surface area contributed by atoms with Gasteiger partial charge in [-0.15, -0.1) is 0 Å². The molecule has 0 spiro atoms. The van der Waals surface area contributed by atoms with Gasteiger partial charge in [0, 0.05) is 12.1 Å². The minimum atomic E-state index is 0.661. The van der Waals surface area contributed by atoms with Crippen molar-refractivity contribution in [2.45, 2.75) is 122 Å². The molecule has 1 heterocycles. The van der Waals surface area contributed by atoms with Crippen LogP contribution in [-0.4, -0.2) is 11.3 Å². The number of unbranched alkanes of at least 4 members (excludes halogenated alkanes) is 15. The van der Waals surface area contributed by atoms with Crippen LogP contribution in [0.2, 0.25) is 0 Å². The van der Waals surface area contributed by atoms with Gasteiger partial charge in [0.2, 0.25) is 0 Å². The number of allylic oxidation sites excluding steroid dienone is 4. The van der Waals surface area contributed by atoms with Gasteiger partial charge in [-0.1, -0.05) is 101 Å². The van der Waals surface area contributed by atoms with Crippen LogP contribution in [0.15, 0.2) is 36.4 Å². The van der Waals surface area contributed by atoms with E-state index >= 15 is 0 Å². The number of rotatable bonds is 22. The quantitative estimate of drug-likeness (QED) is 0.111. The molecular weight excluding hydrogens is 392 g/mol. The third-order valence-corrected chi connectivity index (χ3v) is 5.99. The Morgan fingerprint density at radius 2 is 1.22 bits per heavy atom. The van der Waals surface area contributed by atoms with Gasteiger partial charge in [-0.2, -0.15) is 5.26 Å². The summed E-state index contributed by atoms with van der Waals surface area (Å²) in [6.07, 6.45) is 33.8. The number of aromatic nitrogens is 1. The number of hydrogen-bond donors (Lipinski definition) is 1. The highest BCUT2D eigenvalue weighted by molar-refractivity contribution is 5.71. The monoisotopic (exact) mass is 438 g/mol. The first kappa shape index (κ1) is 28.0. The maximum atomic E-state index is 10.6. The number of nitriles is 1. The summed E-state index contributed by atoms with van der Waals surface area (Å²) < 4.78 is 0. The molecule has 0 fully saturated rings. The SMILES string of the molecule is N#CCCCCCCCCCCCCCCCCC=CCC=CCCc1ccc(C=O)[nH]1. The van der Waals surface area contributed by atoms with E-state index in [-0.39, 0.29) is 0 Å². The molecule has 0 aliphatic heterocycles. The number of carbonyl (C=O) groups excluding carboxylic acids is 1. The number of nitrogens with zero attached hydrogens (tertiary/aromatic N) is 1. The highest BCUT2D eigenvalue weighted by Crippen LogP contribution is 2.14. The van der Waals surface area contributed by atoms with E-state index in [1.807, 2.05) is 12.1 Å². The van der Waals surface area contributed by atoms with Gasteiger partial charge < -0.3 is 4.98 Å². The second-order valence-electron chi connectivity index (χ2n) is 8.92. The first-order valence-electron chi connectivity index (χ1n) is 13.2. The number of aldehydes is 1. The average Bonchev–Trinajstić information content (AvgIpc) is 3.27. The van der Waals surface area contributed by atoms with Crippen molar-refractivity contribution < 1.29 is 4.79 Å². The summed E-state index contributed by atoms with van der Waals surface area (Å²) in [7, 11) is 0. The first-order chi connectivity index (χ1) is 15.9. The largest absolute Gasteiger partial charge is 0.356 e. The summed E-state index contributed by atoms with van der Waals surface area (Å²) in [5.74, 6) is 0. The van der Waals surface area contributed by atoms with Gasteiger partial charge in [-0.25, -0.2) is 0 Å². The standard InChI is InChI=1S/C29H46N2O/c30-26-22-20-18-16-14-12-10-8-6-4-2-1-3-5-7-9-11-13-15-17-19-21-23-28-24-25-29(27-32)31-28/h11,13,17,19,24-25,27,31H,1-10,12,14-16,18,20-23H2. The van der Waals surface area contributed by atoms with Crippen molar-refractivity contribution in [2.75, 3.05) is 0 Å². The molecule has 1 aromatic heterocycles. The van der Waals surface area contributed by atoms with E-state index in [9.17, 15) is 4.79 Å². The molecule has 3 nitrogen and oxygen atoms in total. The van der Waals surface area contributed by atoms with E-state index in [0.717, 1.165) is 44.1 Å². The van der Waals surface area contributed by atoms with Crippen LogP contribution in [0.5, 0.6) is 0 Å². The van der Waals surface area contributed by atoms with Crippen LogP contribution in [0.1, 0.15) is 132 Å². The molecule has 1 aromatic rings. The van der Waals surface area contributed by atoms with Gasteiger partial charge in [-0.3, -0.25) is 4.79 Å². The molecule has 0 bridgehead atoms. The van der Waals surface area contributed by atoms with Crippen LogP contribution in [0.25, 0.3) is 0 Å². The lowest BCUT2D eigenvalue weighted by Crippen LogP contribution is -1.84. The van der Waals surface area contributed by atoms with Gasteiger partial charge in [0.1, 0.15) is 0 Å². The Hall–Kier alpha value is -2.08. The molecule has 0 saturated heterocycles. The van der Waals surface area contributed by atoms with E-state index in [1.54, 1.807) is 0 Å². The van der Waals surface area contributed by atoms with Crippen molar-refractivity contribution in [3.05, 3.63) is 47.8 Å². The molecule has 1 rings (SSSR count). The maximum absolute atomic E-state index is 10.6. The third kappa shape index (κ3) is 17.6. The molecule has 1 N–H and O–H groups in total. The number of aryl methyl sites for hydroxylation is 1. The smallest absolute Gasteiger partial charge is 0.166 e. The Bertz CT molecular complexity index is 650. The molecule has 0 saturated carbocycles. The van der Waals surface area contributed by atoms with Crippen LogP contribution < -0.4 is 0 Å². The zero-order valence-corrected chi connectivity index (χ0v) is 20.3. The van der Waals surface area contributed by atoms with Crippen molar-refractivity contribution in [3.8, 4) is 6.07 Å². The maximum Gasteiger partial charge on any atom is 0.166 e. The molecule has 0 aromatic carbocycles. The lowest BCUT2D eigenvalue weighted by atomic mass is 10.0. The lowest BCUT2D eigenvalue weighted by molar-refractivity contribution is 0.111. The van der Waals surface area contributed by atoms with Crippen LogP contribution in [0.3, 0.4) is 0 Å². The number of aromatic amines is 1. The zero-order valence-electron chi connectivity index (χ0n) is 20.3. The van der Waals surface area contributed by atoms with Crippen molar-refractivity contribution in [1.82, 2.24) is 4.98 Å². The Kier molecular flexibility index (Phi) is 19.3. The predicted octanol–water partition coefficient (Wildman–Crippen LogP) is 9.03. The summed E-state index contributed by atoms with van der Waals surface area (Å²) >= 11 is 0. The molecule has 0 unspecified atom stereocenters. The van der Waals surface area contributed by atoms with E-state index in [0.29, 0.717) is 5.69 Å². The summed E-state index contributed by atoms with van der Waals surface area (Å²) in [6.45, 7) is 0. The summed E-state index contributed by atoms with van der Waals surface area (Å²) in [6, 6.07) is 6.05. The topological polar surface area (TPSA) is 56.6 Å². The molecule has 0 radical (unpaired) electrons. The highest BCUT2D eigenvalue weighted by atomic mass is 16.1. The Balaban J connectivity index is 1.76. The Morgan fingerprint density at radius 1 is 0.688 bits per heavy atom. The van der Waals surface area contributed by atoms with Gasteiger partial charge in [0.05, 0.1) is 11.8 Å². The van der Waals surface area contributed by atoms with Gasteiger partial charge in [-0.05, 0) is 50.7 Å². The fraction of sp³-hybridized carbons (Fsp3) is 0.655. The van der Waals surface area contributed by atoms with Crippen LogP contribution in [0.4, 0.5) is 0 Å². The van der Waals surface area contributed by atoms with Gasteiger partial charge in [0.25, 0.3) is 0 Å². The second-order valence-corrected chi connectivity index (χ2v) is 8.92.